The van der Waals surface area contributed by atoms with Crippen LogP contribution in [0.3, 0.4) is 0 Å². The number of carbonyl (C=O) groups is 13. The topological polar surface area (TPSA) is 505 Å². The molecule has 722 valence electrons. The fourth-order valence-corrected chi connectivity index (χ4v) is 17.9. The third-order valence-corrected chi connectivity index (χ3v) is 23.7. The first kappa shape index (κ1) is 98.5. The predicted octanol–water partition coefficient (Wildman–Crippen LogP) is 6.20. The Morgan fingerprint density at radius 2 is 0.613 bits per heavy atom. The Bertz CT molecular complexity index is 5520. The summed E-state index contributed by atoms with van der Waals surface area (Å²) in [5.41, 5.74) is 12.0. The van der Waals surface area contributed by atoms with E-state index >= 15 is 28.8 Å². The van der Waals surface area contributed by atoms with Crippen molar-refractivity contribution in [3.8, 4) is 0 Å². The lowest BCUT2D eigenvalue weighted by atomic mass is 9.92. The zero-order valence-electron chi connectivity index (χ0n) is 74.8. The predicted molar refractivity (Wildman–Crippen MR) is 460 cm³/mol. The maximum absolute atomic E-state index is 16.1. The van der Waals surface area contributed by atoms with Crippen molar-refractivity contribution in [2.24, 2.45) is 5.11 Å². The Labute approximate surface area is 782 Å². The van der Waals surface area contributed by atoms with Gasteiger partial charge in [-0.15, -0.1) is 0 Å². The van der Waals surface area contributed by atoms with E-state index in [9.17, 15) is 49.3 Å². The van der Waals surface area contributed by atoms with Crippen LogP contribution in [0.25, 0.3) is 10.4 Å². The van der Waals surface area contributed by atoms with E-state index < -0.39 is 270 Å². The summed E-state index contributed by atoms with van der Waals surface area (Å²) < 4.78 is 132. The lowest BCUT2D eigenvalue weighted by Gasteiger charge is -2.53. The van der Waals surface area contributed by atoms with Crippen LogP contribution in [-0.4, -0.2) is 288 Å². The molecule has 2 N–H and O–H groups in total. The zero-order valence-corrected chi connectivity index (χ0v) is 74.8. The molecule has 0 unspecified atom stereocenters. The van der Waals surface area contributed by atoms with Gasteiger partial charge in [0.25, 0.3) is 35.4 Å². The van der Waals surface area contributed by atoms with Crippen molar-refractivity contribution >= 4 is 77.2 Å². The molecular formula is C96H98N6O35. The molecule has 0 saturated carbocycles. The second-order valence-corrected chi connectivity index (χ2v) is 33.1. The van der Waals surface area contributed by atoms with E-state index in [0.717, 1.165) is 58.3 Å². The summed E-state index contributed by atoms with van der Waals surface area (Å²) in [4.78, 5) is 193. The molecule has 25 atom stereocenters. The van der Waals surface area contributed by atoms with Crippen molar-refractivity contribution in [2.45, 2.75) is 228 Å². The highest BCUT2D eigenvalue weighted by Gasteiger charge is 2.65. The maximum Gasteiger partial charge on any atom is 0.303 e. The van der Waals surface area contributed by atoms with Crippen LogP contribution in [-0.2, 0) is 155 Å². The van der Waals surface area contributed by atoms with Crippen molar-refractivity contribution < 1.29 is 167 Å². The van der Waals surface area contributed by atoms with Gasteiger partial charge in [0.2, 0.25) is 0 Å². The summed E-state index contributed by atoms with van der Waals surface area (Å²) in [5.74, 6) is -13.5. The van der Waals surface area contributed by atoms with Crippen LogP contribution in [0.15, 0.2) is 199 Å². The molecular weight excluding hydrogens is 1800 g/mol. The highest BCUT2D eigenvalue weighted by atomic mass is 16.8. The van der Waals surface area contributed by atoms with E-state index in [0.29, 0.717) is 27.2 Å². The summed E-state index contributed by atoms with van der Waals surface area (Å²) in [6.07, 6.45) is -45.2. The number of benzene rings is 7. The average molecular weight is 1900 g/mol. The largest absolute Gasteiger partial charge is 0.463 e. The van der Waals surface area contributed by atoms with Crippen LogP contribution in [0.2, 0.25) is 0 Å². The van der Waals surface area contributed by atoms with Crippen molar-refractivity contribution in [3.05, 3.63) is 260 Å². The molecule has 5 fully saturated rings. The number of fused-ring (bicyclic) bond motifs is 3. The molecule has 0 aliphatic carbocycles. The number of carbonyl (C=O) groups excluding carboxylic acids is 13. The van der Waals surface area contributed by atoms with Crippen LogP contribution in [0.1, 0.15) is 133 Å². The minimum Gasteiger partial charge on any atom is -0.463 e. The van der Waals surface area contributed by atoms with Gasteiger partial charge >= 0.3 is 41.8 Å². The highest BCUT2D eigenvalue weighted by Crippen LogP contribution is 2.46. The zero-order chi connectivity index (χ0) is 97.0. The SMILES string of the molecule is CC(=O)OC[C@H]1O[C@H](O[C@H]2[C@H](O)[C@@H](CO)O[C@@H](O[C@H]3[C@H](OCc4ccccc4)[C@@H](N4C(=O)c5ccccc5C4=O)[C@H](O[C@H]4[C@H](OCc5ccccc5)[C@@H](N5C(=O)c6ccccc6C5=O)[C@H](N=[N+]=[N-])O[C@@H]4COCc4ccccc4)O[C@@H]3COCc3ccccc3)[C@H]2OC(C)=O)[C@@H](O[C@@H]2O[C@H](COC(C)=O)[C@@H](OC(C)=O)[C@H](OC(C)=O)[C@H]2N2C(=O)c3ccccc3C2=O)[C@@H](OC(C)=O)[C@@H]1OC(C)=O. The summed E-state index contributed by atoms with van der Waals surface area (Å²) in [6.45, 7) is 1.39. The van der Waals surface area contributed by atoms with Gasteiger partial charge in [-0.2, -0.15) is 0 Å². The van der Waals surface area contributed by atoms with Crippen LogP contribution in [0.4, 0.5) is 0 Å². The van der Waals surface area contributed by atoms with Crippen LogP contribution < -0.4 is 0 Å². The minimum absolute atomic E-state index is 0.0395. The summed E-state index contributed by atoms with van der Waals surface area (Å²) in [6, 6.07) is 45.9. The van der Waals surface area contributed by atoms with Crippen molar-refractivity contribution in [3.63, 3.8) is 0 Å². The number of hydrogen-bond donors (Lipinski definition) is 2. The Balaban J connectivity index is 0.895. The van der Waals surface area contributed by atoms with Gasteiger partial charge in [-0.1, -0.05) is 163 Å². The smallest absolute Gasteiger partial charge is 0.303 e. The molecule has 41 nitrogen and oxygen atoms in total. The number of nitrogens with zero attached hydrogens (tertiary/aromatic N) is 6. The van der Waals surface area contributed by atoms with Gasteiger partial charge in [-0.05, 0) is 64.2 Å². The molecule has 0 aromatic heterocycles. The number of ether oxygens (including phenoxy) is 20. The quantitative estimate of drug-likeness (QED) is 0.0110. The number of imide groups is 3. The van der Waals surface area contributed by atoms with E-state index in [2.05, 4.69) is 10.0 Å². The molecule has 0 bridgehead atoms. The van der Waals surface area contributed by atoms with Gasteiger partial charge in [-0.25, -0.2) is 0 Å². The monoisotopic (exact) mass is 1890 g/mol. The molecule has 8 heterocycles. The van der Waals surface area contributed by atoms with E-state index in [1.165, 1.54) is 60.7 Å². The number of aliphatic hydroxyl groups excluding tert-OH is 2. The number of azide groups is 1. The summed E-state index contributed by atoms with van der Waals surface area (Å²) in [5, 5.41) is 29.0. The Hall–Kier alpha value is -13.0. The number of hydrogen-bond acceptors (Lipinski definition) is 36. The van der Waals surface area contributed by atoms with Crippen molar-refractivity contribution in [1.29, 1.82) is 0 Å². The molecule has 7 aromatic carbocycles. The van der Waals surface area contributed by atoms with Crippen LogP contribution >= 0.6 is 0 Å². The molecule has 15 rings (SSSR count). The third-order valence-electron chi connectivity index (χ3n) is 23.7. The molecule has 8 aliphatic rings. The molecule has 41 heteroatoms. The number of rotatable bonds is 36. The molecule has 0 radical (unpaired) electrons. The van der Waals surface area contributed by atoms with E-state index in [1.54, 1.807) is 133 Å². The molecule has 6 amide bonds. The average Bonchev–Trinajstić information content (AvgIpc) is 1.64. The second-order valence-electron chi connectivity index (χ2n) is 33.1. The second kappa shape index (κ2) is 44.4. The van der Waals surface area contributed by atoms with Gasteiger partial charge in [0, 0.05) is 53.4 Å². The molecule has 7 aromatic rings. The first-order valence-corrected chi connectivity index (χ1v) is 43.9. The normalized spacial score (nSPS) is 29.4. The van der Waals surface area contributed by atoms with Gasteiger partial charge in [0.05, 0.1) is 79.6 Å². The van der Waals surface area contributed by atoms with Crippen molar-refractivity contribution in [1.82, 2.24) is 14.7 Å². The van der Waals surface area contributed by atoms with Crippen molar-refractivity contribution in [2.75, 3.05) is 33.0 Å². The van der Waals surface area contributed by atoms with Gasteiger partial charge in [0.15, 0.2) is 68.0 Å². The lowest BCUT2D eigenvalue weighted by Crippen LogP contribution is -2.72. The molecule has 137 heavy (non-hydrogen) atoms. The summed E-state index contributed by atoms with van der Waals surface area (Å²) in [7, 11) is 0. The fourth-order valence-electron chi connectivity index (χ4n) is 17.9. The Morgan fingerprint density at radius 1 is 0.321 bits per heavy atom. The molecule has 5 saturated heterocycles. The molecule has 0 spiro atoms. The standard InChI is InChI=1S/C96H98N6O35/c1-49(104)120-47-69-77(124-51(3)106)81(126-53(5)108)73(102-91(116)64-38-24-25-39-65(64)92(102)117)94(132-69)137-85-83(127-54(6)109)78(125-52(4)107)70(48-121-50(2)105)133-96(85)136-82-74(111)66(40-103)130-95(84(82)128-55(7)110)135-76-68(46-119-42-57-28-14-9-15-29-57)131-93(72(80(76)123-44-59-32-18-11-19-33-59)101-89(114)62-36-22-23-37-63(62)90(101)115)134-75-67(45-118-41-56-26-12-8-13-27-56)129-86(98-99-97)71(79(75)122-43-58-30-16-10-17-31-58)100-87(112)60-34-20-21-35-61(60)88(100)113/h8-39,66-86,93-96,103,111H,40-48H2,1-7H3/t66-,67-,68-,69-,70-,71-,72-,73-,74-,75-,76-,77-,78-,79-,80-,81-,82+,83+,84+,85+,86-,93+,94+,95+,96-/m1/s1. The first-order valence-electron chi connectivity index (χ1n) is 43.9. The summed E-state index contributed by atoms with van der Waals surface area (Å²) >= 11 is 0. The third kappa shape index (κ3) is 22.2. The van der Waals surface area contributed by atoms with Gasteiger partial charge < -0.3 is 105 Å². The van der Waals surface area contributed by atoms with Crippen LogP contribution in [0, 0.1) is 0 Å². The fraction of sp³-hybridized carbons (Fsp3) is 0.427. The first-order chi connectivity index (χ1) is 66.1. The van der Waals surface area contributed by atoms with E-state index in [-0.39, 0.29) is 53.2 Å². The number of aliphatic hydroxyl groups is 2. The molecule has 8 aliphatic heterocycles. The highest BCUT2D eigenvalue weighted by molar-refractivity contribution is 6.23. The van der Waals surface area contributed by atoms with Gasteiger partial charge in [-0.3, -0.25) is 77.0 Å². The van der Waals surface area contributed by atoms with E-state index in [1.807, 2.05) is 0 Å². The Kier molecular flexibility index (Phi) is 31.9. The maximum atomic E-state index is 16.1. The number of amides is 6. The van der Waals surface area contributed by atoms with Crippen LogP contribution in [0.5, 0.6) is 0 Å². The lowest BCUT2D eigenvalue weighted by molar-refractivity contribution is -0.394. The number of esters is 7. The Morgan fingerprint density at radius 3 is 1.00 bits per heavy atom. The minimum atomic E-state index is -2.47. The van der Waals surface area contributed by atoms with Gasteiger partial charge in [0.1, 0.15) is 98.5 Å². The van der Waals surface area contributed by atoms with E-state index in [4.69, 9.17) is 94.7 Å².